The average molecular weight is 354 g/mol. The number of benzene rings is 1. The van der Waals surface area contributed by atoms with Crippen molar-refractivity contribution in [3.63, 3.8) is 0 Å². The van der Waals surface area contributed by atoms with Crippen LogP contribution in [0.1, 0.15) is 70.4 Å². The van der Waals surface area contributed by atoms with Crippen LogP contribution in [0.5, 0.6) is 5.75 Å². The van der Waals surface area contributed by atoms with Crippen molar-refractivity contribution in [2.24, 2.45) is 5.73 Å². The predicted molar refractivity (Wildman–Crippen MR) is 107 cm³/mol. The van der Waals surface area contributed by atoms with Gasteiger partial charge < -0.3 is 15.7 Å². The second kappa shape index (κ2) is 9.33. The van der Waals surface area contributed by atoms with Gasteiger partial charge in [-0.05, 0) is 62.0 Å². The zero-order valence-corrected chi connectivity index (χ0v) is 16.3. The molecule has 1 aliphatic rings. The molecule has 0 saturated heterocycles. The van der Waals surface area contributed by atoms with E-state index >= 15 is 0 Å². The minimum atomic E-state index is 0.138. The maximum Gasteiger partial charge on any atom is 0.124 e. The van der Waals surface area contributed by atoms with Gasteiger partial charge in [0.15, 0.2) is 0 Å². The van der Waals surface area contributed by atoms with Crippen LogP contribution in [0.15, 0.2) is 35.7 Å². The Bertz CT molecular complexity index is 727. The topological polar surface area (TPSA) is 73.3 Å². The highest BCUT2D eigenvalue weighted by atomic mass is 16.3. The summed E-state index contributed by atoms with van der Waals surface area (Å²) in [5, 5.41) is 19.2. The summed E-state index contributed by atoms with van der Waals surface area (Å²) in [6.45, 7) is 7.46. The summed E-state index contributed by atoms with van der Waals surface area (Å²) < 4.78 is 0. The third-order valence-electron chi connectivity index (χ3n) is 5.23. The summed E-state index contributed by atoms with van der Waals surface area (Å²) >= 11 is 0. The fourth-order valence-electron chi connectivity index (χ4n) is 3.69. The number of phenolic OH excluding ortho intramolecular Hbond substituents is 1. The molecule has 0 saturated carbocycles. The van der Waals surface area contributed by atoms with Crippen molar-refractivity contribution >= 4 is 5.57 Å². The molecular weight excluding hydrogens is 322 g/mol. The van der Waals surface area contributed by atoms with Crippen LogP contribution in [0.4, 0.5) is 0 Å². The number of hydrogen-bond acceptors (Lipinski definition) is 4. The summed E-state index contributed by atoms with van der Waals surface area (Å²) in [5.41, 5.74) is 9.86. The molecule has 1 aromatic rings. The van der Waals surface area contributed by atoms with Crippen molar-refractivity contribution in [1.29, 1.82) is 5.26 Å². The van der Waals surface area contributed by atoms with E-state index in [1.807, 2.05) is 13.0 Å². The Morgan fingerprint density at radius 1 is 1.42 bits per heavy atom. The minimum Gasteiger partial charge on any atom is -0.507 e. The van der Waals surface area contributed by atoms with E-state index in [1.54, 1.807) is 12.1 Å². The molecule has 4 nitrogen and oxygen atoms in total. The second-order valence-corrected chi connectivity index (χ2v) is 7.08. The lowest BCUT2D eigenvalue weighted by molar-refractivity contribution is 0.212. The molecular formula is C22H31N3O. The van der Waals surface area contributed by atoms with Crippen molar-refractivity contribution in [3.8, 4) is 11.8 Å². The van der Waals surface area contributed by atoms with Crippen molar-refractivity contribution in [2.45, 2.75) is 65.3 Å². The van der Waals surface area contributed by atoms with Gasteiger partial charge in [0.2, 0.25) is 0 Å². The Morgan fingerprint density at radius 3 is 2.81 bits per heavy atom. The summed E-state index contributed by atoms with van der Waals surface area (Å²) in [5.74, 6) is 1.02. The van der Waals surface area contributed by atoms with Crippen LogP contribution in [0.2, 0.25) is 0 Å². The van der Waals surface area contributed by atoms with E-state index in [0.29, 0.717) is 11.6 Å². The quantitative estimate of drug-likeness (QED) is 0.731. The minimum absolute atomic E-state index is 0.138. The van der Waals surface area contributed by atoms with E-state index in [0.717, 1.165) is 48.3 Å². The number of phenols is 1. The molecule has 1 unspecified atom stereocenters. The lowest BCUT2D eigenvalue weighted by Gasteiger charge is -2.37. The van der Waals surface area contributed by atoms with Gasteiger partial charge in [-0.1, -0.05) is 32.8 Å². The third-order valence-corrected chi connectivity index (χ3v) is 5.23. The van der Waals surface area contributed by atoms with Crippen molar-refractivity contribution in [1.82, 2.24) is 4.90 Å². The normalized spacial score (nSPS) is 16.5. The van der Waals surface area contributed by atoms with Crippen molar-refractivity contribution in [2.75, 3.05) is 6.54 Å². The van der Waals surface area contributed by atoms with Crippen LogP contribution in [0, 0.1) is 11.3 Å². The Balaban J connectivity index is 2.29. The molecule has 0 aliphatic carbocycles. The van der Waals surface area contributed by atoms with Gasteiger partial charge in [0, 0.05) is 18.2 Å². The first-order chi connectivity index (χ1) is 12.5. The second-order valence-electron chi connectivity index (χ2n) is 7.08. The Kier molecular flexibility index (Phi) is 7.15. The number of rotatable bonds is 7. The van der Waals surface area contributed by atoms with Crippen LogP contribution in [0.3, 0.4) is 0 Å². The molecule has 4 heteroatoms. The average Bonchev–Trinajstić information content (AvgIpc) is 2.64. The number of aromatic hydroxyl groups is 1. The van der Waals surface area contributed by atoms with E-state index in [1.165, 1.54) is 25.3 Å². The maximum atomic E-state index is 10.2. The van der Waals surface area contributed by atoms with Crippen LogP contribution >= 0.6 is 0 Å². The third kappa shape index (κ3) is 4.60. The summed E-state index contributed by atoms with van der Waals surface area (Å²) in [7, 11) is 0. The molecule has 0 spiro atoms. The van der Waals surface area contributed by atoms with E-state index in [-0.39, 0.29) is 5.75 Å². The smallest absolute Gasteiger partial charge is 0.124 e. The van der Waals surface area contributed by atoms with Gasteiger partial charge in [0.05, 0.1) is 11.6 Å². The van der Waals surface area contributed by atoms with Crippen LogP contribution in [0.25, 0.3) is 5.57 Å². The van der Waals surface area contributed by atoms with Crippen LogP contribution < -0.4 is 5.73 Å². The molecule has 0 fully saturated rings. The summed E-state index contributed by atoms with van der Waals surface area (Å²) in [6, 6.07) is 7.59. The molecule has 0 bridgehead atoms. The van der Waals surface area contributed by atoms with E-state index in [2.05, 4.69) is 24.8 Å². The summed E-state index contributed by atoms with van der Waals surface area (Å²) in [4.78, 5) is 2.37. The molecule has 140 valence electrons. The van der Waals surface area contributed by atoms with Gasteiger partial charge in [-0.2, -0.15) is 5.26 Å². The van der Waals surface area contributed by atoms with Crippen LogP contribution in [-0.2, 0) is 0 Å². The van der Waals surface area contributed by atoms with Crippen molar-refractivity contribution in [3.05, 3.63) is 46.8 Å². The lowest BCUT2D eigenvalue weighted by atomic mass is 9.96. The van der Waals surface area contributed by atoms with Gasteiger partial charge in [-0.25, -0.2) is 0 Å². The van der Waals surface area contributed by atoms with Gasteiger partial charge >= 0.3 is 0 Å². The number of hydrogen-bond donors (Lipinski definition) is 2. The maximum absolute atomic E-state index is 10.2. The number of nitriles is 1. The van der Waals surface area contributed by atoms with Gasteiger partial charge in [0.1, 0.15) is 11.6 Å². The zero-order valence-electron chi connectivity index (χ0n) is 16.3. The molecule has 3 N–H and O–H groups in total. The van der Waals surface area contributed by atoms with E-state index < -0.39 is 0 Å². The van der Waals surface area contributed by atoms with Gasteiger partial charge in [0.25, 0.3) is 0 Å². The van der Waals surface area contributed by atoms with Crippen LogP contribution in [-0.4, -0.2) is 22.6 Å². The SMILES string of the molecule is CCCCC(CC)N1CCCC(/C=C(\C)c2ccc(C#N)cc2O)=C1N. The van der Waals surface area contributed by atoms with E-state index in [4.69, 9.17) is 11.0 Å². The number of nitrogens with zero attached hydrogens (tertiary/aromatic N) is 2. The van der Waals surface area contributed by atoms with Crippen molar-refractivity contribution < 1.29 is 5.11 Å². The highest BCUT2D eigenvalue weighted by Crippen LogP contribution is 2.30. The number of nitrogens with two attached hydrogens (primary N) is 1. The fraction of sp³-hybridized carbons (Fsp3) is 0.500. The molecule has 1 aliphatic heterocycles. The molecule has 1 heterocycles. The number of unbranched alkanes of at least 4 members (excludes halogenated alkanes) is 1. The molecule has 2 rings (SSSR count). The Labute approximate surface area is 157 Å². The highest BCUT2D eigenvalue weighted by molar-refractivity contribution is 5.71. The van der Waals surface area contributed by atoms with E-state index in [9.17, 15) is 5.11 Å². The molecule has 0 aromatic heterocycles. The highest BCUT2D eigenvalue weighted by Gasteiger charge is 2.23. The summed E-state index contributed by atoms with van der Waals surface area (Å²) in [6.07, 6.45) is 8.87. The first-order valence-corrected chi connectivity index (χ1v) is 9.68. The Morgan fingerprint density at radius 2 is 2.19 bits per heavy atom. The standard InChI is InChI=1S/C22H31N3O/c1-4-6-9-19(5-2)25-12-7-8-18(22(25)24)13-16(3)20-11-10-17(15-23)14-21(20)26/h10-11,13-14,19,26H,4-9,12,24H2,1-3H3/b16-13+. The number of allylic oxidation sites excluding steroid dienone is 3. The monoisotopic (exact) mass is 353 g/mol. The first-order valence-electron chi connectivity index (χ1n) is 9.68. The molecule has 1 atom stereocenters. The molecule has 0 amide bonds. The first kappa shape index (κ1) is 19.9. The van der Waals surface area contributed by atoms with Gasteiger partial charge in [-0.3, -0.25) is 0 Å². The molecule has 1 aromatic carbocycles. The zero-order chi connectivity index (χ0) is 19.1. The lowest BCUT2D eigenvalue weighted by Crippen LogP contribution is -2.41. The molecule has 26 heavy (non-hydrogen) atoms. The predicted octanol–water partition coefficient (Wildman–Crippen LogP) is 4.90. The van der Waals surface area contributed by atoms with Gasteiger partial charge in [-0.15, -0.1) is 0 Å². The fourth-order valence-corrected chi connectivity index (χ4v) is 3.69. The Hall–Kier alpha value is -2.41. The largest absolute Gasteiger partial charge is 0.507 e. The molecule has 0 radical (unpaired) electrons.